The highest BCUT2D eigenvalue weighted by Gasteiger charge is 2.13. The summed E-state index contributed by atoms with van der Waals surface area (Å²) < 4.78 is 0. The van der Waals surface area contributed by atoms with Gasteiger partial charge < -0.3 is 10.2 Å². The molecule has 1 heterocycles. The summed E-state index contributed by atoms with van der Waals surface area (Å²) in [6, 6.07) is 6.08. The lowest BCUT2D eigenvalue weighted by Gasteiger charge is -2.18. The van der Waals surface area contributed by atoms with Crippen LogP contribution in [0.3, 0.4) is 0 Å². The summed E-state index contributed by atoms with van der Waals surface area (Å²) in [7, 11) is 0. The number of carbonyl (C=O) groups excluding carboxylic acids is 1. The van der Waals surface area contributed by atoms with Crippen molar-refractivity contribution in [3.63, 3.8) is 0 Å². The average molecular weight is 260 g/mol. The molecule has 0 aromatic heterocycles. The van der Waals surface area contributed by atoms with Crippen LogP contribution in [0.5, 0.6) is 0 Å². The minimum absolute atomic E-state index is 0.273. The van der Waals surface area contributed by atoms with Crippen molar-refractivity contribution in [3.05, 3.63) is 34.9 Å². The number of hydrogen-bond acceptors (Lipinski definition) is 3. The van der Waals surface area contributed by atoms with E-state index in [1.54, 1.807) is 0 Å². The van der Waals surface area contributed by atoms with E-state index in [2.05, 4.69) is 23.2 Å². The van der Waals surface area contributed by atoms with Crippen LogP contribution in [0.4, 0.5) is 0 Å². The SMILES string of the molecule is Cc1ccc(C(=O)CCN2CCCNCC2)c(C)c1. The van der Waals surface area contributed by atoms with Crippen molar-refractivity contribution < 1.29 is 4.79 Å². The molecule has 0 atom stereocenters. The molecule has 2 rings (SSSR count). The monoisotopic (exact) mass is 260 g/mol. The van der Waals surface area contributed by atoms with Crippen LogP contribution in [0.25, 0.3) is 0 Å². The third kappa shape index (κ3) is 4.15. The Morgan fingerprint density at radius 3 is 2.89 bits per heavy atom. The third-order valence-corrected chi connectivity index (χ3v) is 3.77. The van der Waals surface area contributed by atoms with Gasteiger partial charge in [-0.2, -0.15) is 0 Å². The van der Waals surface area contributed by atoms with Crippen LogP contribution in [0.1, 0.15) is 34.3 Å². The number of ketones is 1. The molecule has 1 N–H and O–H groups in total. The normalized spacial score (nSPS) is 17.2. The quantitative estimate of drug-likeness (QED) is 0.842. The molecule has 1 saturated heterocycles. The fourth-order valence-corrected chi connectivity index (χ4v) is 2.65. The molecular formula is C16H24N2O. The predicted octanol–water partition coefficient (Wildman–Crippen LogP) is 2.17. The summed E-state index contributed by atoms with van der Waals surface area (Å²) in [6.07, 6.45) is 1.81. The average Bonchev–Trinajstić information content (AvgIpc) is 2.64. The lowest BCUT2D eigenvalue weighted by atomic mass is 10.0. The summed E-state index contributed by atoms with van der Waals surface area (Å²) >= 11 is 0. The van der Waals surface area contributed by atoms with E-state index in [4.69, 9.17) is 0 Å². The lowest BCUT2D eigenvalue weighted by Crippen LogP contribution is -2.30. The highest BCUT2D eigenvalue weighted by Crippen LogP contribution is 2.13. The first-order valence-corrected chi connectivity index (χ1v) is 7.20. The zero-order chi connectivity index (χ0) is 13.7. The Morgan fingerprint density at radius 2 is 2.11 bits per heavy atom. The molecule has 0 aliphatic carbocycles. The van der Waals surface area contributed by atoms with Crippen molar-refractivity contribution in [1.82, 2.24) is 10.2 Å². The number of nitrogens with one attached hydrogen (secondary N) is 1. The summed E-state index contributed by atoms with van der Waals surface area (Å²) in [5.41, 5.74) is 3.20. The van der Waals surface area contributed by atoms with E-state index in [-0.39, 0.29) is 5.78 Å². The van der Waals surface area contributed by atoms with Gasteiger partial charge in [0.1, 0.15) is 0 Å². The first-order chi connectivity index (χ1) is 9.16. The number of benzene rings is 1. The van der Waals surface area contributed by atoms with E-state index in [9.17, 15) is 4.79 Å². The van der Waals surface area contributed by atoms with Crippen LogP contribution in [-0.4, -0.2) is 43.4 Å². The highest BCUT2D eigenvalue weighted by molar-refractivity contribution is 5.97. The van der Waals surface area contributed by atoms with Gasteiger partial charge in [-0.05, 0) is 38.9 Å². The van der Waals surface area contributed by atoms with Crippen molar-refractivity contribution in [1.29, 1.82) is 0 Å². The number of hydrogen-bond donors (Lipinski definition) is 1. The smallest absolute Gasteiger partial charge is 0.164 e. The van der Waals surface area contributed by atoms with Crippen LogP contribution in [0.15, 0.2) is 18.2 Å². The largest absolute Gasteiger partial charge is 0.315 e. The van der Waals surface area contributed by atoms with E-state index < -0.39 is 0 Å². The van der Waals surface area contributed by atoms with Gasteiger partial charge in [0.25, 0.3) is 0 Å². The minimum Gasteiger partial charge on any atom is -0.315 e. The molecule has 19 heavy (non-hydrogen) atoms. The number of Topliss-reactive ketones (excluding diaryl/α,β-unsaturated/α-hetero) is 1. The molecule has 1 aromatic rings. The summed E-state index contributed by atoms with van der Waals surface area (Å²) in [4.78, 5) is 14.7. The fraction of sp³-hybridized carbons (Fsp3) is 0.562. The highest BCUT2D eigenvalue weighted by atomic mass is 16.1. The summed E-state index contributed by atoms with van der Waals surface area (Å²) in [6.45, 7) is 9.27. The van der Waals surface area contributed by atoms with Crippen LogP contribution >= 0.6 is 0 Å². The summed E-state index contributed by atoms with van der Waals surface area (Å²) in [5.74, 6) is 0.273. The molecule has 0 radical (unpaired) electrons. The topological polar surface area (TPSA) is 32.3 Å². The van der Waals surface area contributed by atoms with E-state index in [0.717, 1.165) is 43.9 Å². The zero-order valence-electron chi connectivity index (χ0n) is 12.0. The molecule has 0 saturated carbocycles. The van der Waals surface area contributed by atoms with E-state index in [1.807, 2.05) is 19.1 Å². The molecule has 3 heteroatoms. The van der Waals surface area contributed by atoms with Gasteiger partial charge in [-0.15, -0.1) is 0 Å². The first kappa shape index (κ1) is 14.2. The number of carbonyl (C=O) groups is 1. The van der Waals surface area contributed by atoms with Gasteiger partial charge in [0, 0.05) is 31.6 Å². The molecule has 0 bridgehead atoms. The third-order valence-electron chi connectivity index (χ3n) is 3.77. The van der Waals surface area contributed by atoms with Crippen molar-refractivity contribution >= 4 is 5.78 Å². The molecule has 0 spiro atoms. The van der Waals surface area contributed by atoms with Crippen LogP contribution in [0.2, 0.25) is 0 Å². The van der Waals surface area contributed by atoms with Crippen molar-refractivity contribution in [3.8, 4) is 0 Å². The van der Waals surface area contributed by atoms with Gasteiger partial charge in [0.2, 0.25) is 0 Å². The lowest BCUT2D eigenvalue weighted by molar-refractivity contribution is 0.0965. The maximum Gasteiger partial charge on any atom is 0.164 e. The van der Waals surface area contributed by atoms with Gasteiger partial charge in [-0.3, -0.25) is 4.79 Å². The van der Waals surface area contributed by atoms with Gasteiger partial charge in [0.15, 0.2) is 5.78 Å². The predicted molar refractivity (Wildman–Crippen MR) is 78.8 cm³/mol. The maximum atomic E-state index is 12.3. The van der Waals surface area contributed by atoms with Gasteiger partial charge >= 0.3 is 0 Å². The Morgan fingerprint density at radius 1 is 1.26 bits per heavy atom. The molecule has 1 aliphatic heterocycles. The Bertz CT molecular complexity index is 434. The van der Waals surface area contributed by atoms with E-state index in [1.165, 1.54) is 12.0 Å². The molecule has 3 nitrogen and oxygen atoms in total. The van der Waals surface area contributed by atoms with Crippen LogP contribution < -0.4 is 5.32 Å². The second-order valence-corrected chi connectivity index (χ2v) is 5.44. The Balaban J connectivity index is 1.89. The molecule has 1 aromatic carbocycles. The molecule has 0 amide bonds. The second-order valence-electron chi connectivity index (χ2n) is 5.44. The molecule has 0 unspecified atom stereocenters. The van der Waals surface area contributed by atoms with Crippen molar-refractivity contribution in [2.45, 2.75) is 26.7 Å². The Hall–Kier alpha value is -1.19. The number of aryl methyl sites for hydroxylation is 2. The number of nitrogens with zero attached hydrogens (tertiary/aromatic N) is 1. The molecular weight excluding hydrogens is 236 g/mol. The standard InChI is InChI=1S/C16H24N2O/c1-13-4-5-15(14(2)12-13)16(19)6-10-18-9-3-7-17-8-11-18/h4-5,12,17H,3,6-11H2,1-2H3. The molecule has 104 valence electrons. The second kappa shape index (κ2) is 6.83. The van der Waals surface area contributed by atoms with Gasteiger partial charge in [-0.1, -0.05) is 23.8 Å². The summed E-state index contributed by atoms with van der Waals surface area (Å²) in [5, 5.41) is 3.39. The van der Waals surface area contributed by atoms with E-state index in [0.29, 0.717) is 6.42 Å². The maximum absolute atomic E-state index is 12.3. The van der Waals surface area contributed by atoms with Crippen molar-refractivity contribution in [2.75, 3.05) is 32.7 Å². The Labute approximate surface area is 116 Å². The van der Waals surface area contributed by atoms with Crippen molar-refractivity contribution in [2.24, 2.45) is 0 Å². The Kier molecular flexibility index (Phi) is 5.11. The van der Waals surface area contributed by atoms with E-state index >= 15 is 0 Å². The van der Waals surface area contributed by atoms with Crippen LogP contribution in [0, 0.1) is 13.8 Å². The first-order valence-electron chi connectivity index (χ1n) is 7.20. The number of rotatable bonds is 4. The van der Waals surface area contributed by atoms with Gasteiger partial charge in [-0.25, -0.2) is 0 Å². The van der Waals surface area contributed by atoms with Crippen LogP contribution in [-0.2, 0) is 0 Å². The minimum atomic E-state index is 0.273. The fourth-order valence-electron chi connectivity index (χ4n) is 2.65. The zero-order valence-corrected chi connectivity index (χ0v) is 12.0. The molecule has 1 aliphatic rings. The van der Waals surface area contributed by atoms with Gasteiger partial charge in [0.05, 0.1) is 0 Å². The molecule has 1 fully saturated rings.